The molecule has 0 saturated carbocycles. The number of carbonyl (C=O) groups excluding carboxylic acids is 1. The number of carbonyl (C=O) groups is 1. The zero-order chi connectivity index (χ0) is 37.4. The molecule has 2 N–H and O–H groups in total. The van der Waals surface area contributed by atoms with E-state index in [1.54, 1.807) is 0 Å². The molecule has 1 aromatic heterocycles. The topological polar surface area (TPSA) is 85.6 Å². The van der Waals surface area contributed by atoms with Gasteiger partial charge in [0.15, 0.2) is 6.29 Å². The fourth-order valence-electron chi connectivity index (χ4n) is 7.80. The van der Waals surface area contributed by atoms with Crippen molar-refractivity contribution in [3.8, 4) is 0 Å². The number of anilines is 1. The van der Waals surface area contributed by atoms with Crippen molar-refractivity contribution in [1.29, 1.82) is 0 Å². The maximum atomic E-state index is 13.0. The van der Waals surface area contributed by atoms with E-state index < -0.39 is 6.29 Å². The molecule has 54 heavy (non-hydrogen) atoms. The van der Waals surface area contributed by atoms with Gasteiger partial charge in [0.25, 0.3) is 0 Å². The third-order valence-electron chi connectivity index (χ3n) is 10.8. The van der Waals surface area contributed by atoms with Crippen LogP contribution in [0.15, 0.2) is 109 Å². The zero-order valence-corrected chi connectivity index (χ0v) is 32.1. The Morgan fingerprint density at radius 1 is 0.704 bits per heavy atom. The first-order valence-corrected chi connectivity index (χ1v) is 20.5. The second-order valence-electron chi connectivity index (χ2n) is 15.0. The van der Waals surface area contributed by atoms with Gasteiger partial charge in [0.2, 0.25) is 5.91 Å². The van der Waals surface area contributed by atoms with Gasteiger partial charge >= 0.3 is 0 Å². The van der Waals surface area contributed by atoms with Crippen LogP contribution < -0.4 is 5.32 Å². The Kier molecular flexibility index (Phi) is 15.3. The first-order chi connectivity index (χ1) is 26.6. The predicted octanol–water partition coefficient (Wildman–Crippen LogP) is 11.6. The van der Waals surface area contributed by atoms with Crippen LogP contribution in [-0.4, -0.2) is 26.7 Å². The van der Waals surface area contributed by atoms with Crippen molar-refractivity contribution in [2.24, 2.45) is 0 Å². The number of benzene rings is 4. The van der Waals surface area contributed by atoms with E-state index in [4.69, 9.17) is 9.47 Å². The summed E-state index contributed by atoms with van der Waals surface area (Å²) in [6.45, 7) is 2.82. The second kappa shape index (κ2) is 21.0. The lowest BCUT2D eigenvalue weighted by molar-refractivity contribution is -0.263. The molecule has 7 nitrogen and oxygen atoms in total. The van der Waals surface area contributed by atoms with Crippen molar-refractivity contribution in [3.63, 3.8) is 0 Å². The van der Waals surface area contributed by atoms with E-state index in [-0.39, 0.29) is 30.6 Å². The van der Waals surface area contributed by atoms with Crippen LogP contribution in [0, 0.1) is 0 Å². The van der Waals surface area contributed by atoms with Gasteiger partial charge in [-0.05, 0) is 47.4 Å². The number of aromatic nitrogens is 2. The Morgan fingerprint density at radius 2 is 1.35 bits per heavy atom. The monoisotopic (exact) mass is 729 g/mol. The van der Waals surface area contributed by atoms with Crippen LogP contribution in [0.1, 0.15) is 137 Å². The van der Waals surface area contributed by atoms with E-state index in [1.807, 2.05) is 79.1 Å². The third kappa shape index (κ3) is 11.1. The third-order valence-corrected chi connectivity index (χ3v) is 10.8. The smallest absolute Gasteiger partial charge is 0.224 e. The molecule has 1 fully saturated rings. The molecule has 0 radical (unpaired) electrons. The molecule has 1 amide bonds. The van der Waals surface area contributed by atoms with Gasteiger partial charge in [-0.3, -0.25) is 4.79 Å². The maximum Gasteiger partial charge on any atom is 0.224 e. The van der Waals surface area contributed by atoms with E-state index in [2.05, 4.69) is 52.1 Å². The SMILES string of the molecule is CCCCCCCCCCCCCCCC(=O)Nc1cccc(C2OC(Cn3cnc4ccccc43)C(c3ccccc3)C(c3ccc(CO)cc3)O2)c1. The number of nitrogens with one attached hydrogen (secondary N) is 1. The van der Waals surface area contributed by atoms with E-state index in [9.17, 15) is 9.90 Å². The van der Waals surface area contributed by atoms with E-state index >= 15 is 0 Å². The van der Waals surface area contributed by atoms with Gasteiger partial charge < -0.3 is 24.5 Å². The molecule has 1 saturated heterocycles. The standard InChI is InChI=1S/C47H59N3O4/c1-2-3-4-5-6-7-8-9-10-11-12-13-17-27-44(52)49-40-24-20-23-39(32-40)47-53-43(33-50-35-48-41-25-18-19-26-42(41)50)45(37-21-15-14-16-22-37)46(54-47)38-30-28-36(34-51)29-31-38/h14-16,18-26,28-32,35,43,45-47,51H,2-13,17,27,33-34H2,1H3,(H,49,52). The number of imidazole rings is 1. The lowest BCUT2D eigenvalue weighted by atomic mass is 9.83. The van der Waals surface area contributed by atoms with Crippen molar-refractivity contribution in [3.05, 3.63) is 132 Å². The summed E-state index contributed by atoms with van der Waals surface area (Å²) in [6, 6.07) is 34.4. The van der Waals surface area contributed by atoms with Crippen molar-refractivity contribution in [2.45, 2.75) is 134 Å². The minimum Gasteiger partial charge on any atom is -0.392 e. The van der Waals surface area contributed by atoms with Crippen molar-refractivity contribution in [2.75, 3.05) is 5.32 Å². The van der Waals surface area contributed by atoms with E-state index in [1.165, 1.54) is 70.6 Å². The molecule has 6 rings (SSSR count). The highest BCUT2D eigenvalue weighted by Crippen LogP contribution is 2.47. The number of para-hydroxylation sites is 2. The zero-order valence-electron chi connectivity index (χ0n) is 32.1. The van der Waals surface area contributed by atoms with Crippen LogP contribution in [0.3, 0.4) is 0 Å². The fourth-order valence-corrected chi connectivity index (χ4v) is 7.80. The molecule has 7 heteroatoms. The lowest BCUT2D eigenvalue weighted by Crippen LogP contribution is -2.39. The molecule has 1 aliphatic heterocycles. The quantitative estimate of drug-likeness (QED) is 0.0735. The van der Waals surface area contributed by atoms with Gasteiger partial charge in [0.1, 0.15) is 0 Å². The number of fused-ring (bicyclic) bond motifs is 1. The summed E-state index contributed by atoms with van der Waals surface area (Å²) in [6.07, 6.45) is 17.8. The Bertz CT molecular complexity index is 1840. The number of unbranched alkanes of at least 4 members (excludes halogenated alkanes) is 12. The minimum absolute atomic E-state index is 0.0200. The molecule has 0 bridgehead atoms. The van der Waals surface area contributed by atoms with Gasteiger partial charge in [-0.2, -0.15) is 0 Å². The molecule has 4 unspecified atom stereocenters. The molecular formula is C47H59N3O4. The Morgan fingerprint density at radius 3 is 2.06 bits per heavy atom. The van der Waals surface area contributed by atoms with Crippen molar-refractivity contribution >= 4 is 22.6 Å². The molecule has 4 aromatic carbocycles. The Labute approximate surface area is 322 Å². The van der Waals surface area contributed by atoms with Crippen LogP contribution in [0.25, 0.3) is 11.0 Å². The van der Waals surface area contributed by atoms with Gasteiger partial charge in [0, 0.05) is 23.6 Å². The summed E-state index contributed by atoms with van der Waals surface area (Å²) in [5, 5.41) is 12.9. The Balaban J connectivity index is 1.10. The number of amides is 1. The fraction of sp³-hybridized carbons (Fsp3) is 0.447. The van der Waals surface area contributed by atoms with Crippen LogP contribution in [0.4, 0.5) is 5.69 Å². The first-order valence-electron chi connectivity index (χ1n) is 20.5. The number of rotatable bonds is 21. The average Bonchev–Trinajstić information content (AvgIpc) is 3.62. The van der Waals surface area contributed by atoms with Gasteiger partial charge in [-0.25, -0.2) is 4.98 Å². The largest absolute Gasteiger partial charge is 0.392 e. The van der Waals surface area contributed by atoms with Gasteiger partial charge in [0.05, 0.1) is 42.7 Å². The summed E-state index contributed by atoms with van der Waals surface area (Å²) >= 11 is 0. The van der Waals surface area contributed by atoms with Gasteiger partial charge in [-0.1, -0.05) is 163 Å². The number of aliphatic hydroxyl groups excluding tert-OH is 1. The molecule has 1 aliphatic rings. The number of aliphatic hydroxyl groups is 1. The Hall–Kier alpha value is -4.30. The second-order valence-corrected chi connectivity index (χ2v) is 15.0. The molecule has 4 atom stereocenters. The van der Waals surface area contributed by atoms with Crippen LogP contribution in [0.5, 0.6) is 0 Å². The molecular weight excluding hydrogens is 671 g/mol. The minimum atomic E-state index is -0.676. The number of hydrogen-bond acceptors (Lipinski definition) is 5. The predicted molar refractivity (Wildman–Crippen MR) is 218 cm³/mol. The molecule has 0 aliphatic carbocycles. The number of ether oxygens (including phenoxy) is 2. The normalized spacial score (nSPS) is 18.6. The highest BCUT2D eigenvalue weighted by atomic mass is 16.7. The van der Waals surface area contributed by atoms with Crippen molar-refractivity contribution in [1.82, 2.24) is 9.55 Å². The van der Waals surface area contributed by atoms with E-state index in [0.717, 1.165) is 51.8 Å². The summed E-state index contributed by atoms with van der Waals surface area (Å²) in [5.74, 6) is -0.0941. The average molecular weight is 730 g/mol. The van der Waals surface area contributed by atoms with Crippen LogP contribution in [-0.2, 0) is 27.4 Å². The summed E-state index contributed by atoms with van der Waals surface area (Å²) in [4.78, 5) is 17.7. The molecule has 286 valence electrons. The highest BCUT2D eigenvalue weighted by Gasteiger charge is 2.42. The van der Waals surface area contributed by atoms with Crippen LogP contribution in [0.2, 0.25) is 0 Å². The maximum absolute atomic E-state index is 13.0. The molecule has 0 spiro atoms. The van der Waals surface area contributed by atoms with E-state index in [0.29, 0.717) is 13.0 Å². The first kappa shape index (κ1) is 39.4. The number of hydrogen-bond donors (Lipinski definition) is 2. The lowest BCUT2D eigenvalue weighted by Gasteiger charge is -2.43. The number of nitrogens with zero attached hydrogens (tertiary/aromatic N) is 2. The summed E-state index contributed by atoms with van der Waals surface area (Å²) < 4.78 is 16.0. The van der Waals surface area contributed by atoms with Gasteiger partial charge in [-0.15, -0.1) is 0 Å². The summed E-state index contributed by atoms with van der Waals surface area (Å²) in [7, 11) is 0. The molecule has 2 heterocycles. The molecule has 5 aromatic rings. The highest BCUT2D eigenvalue weighted by molar-refractivity contribution is 5.90. The van der Waals surface area contributed by atoms with Crippen molar-refractivity contribution < 1.29 is 19.4 Å². The summed E-state index contributed by atoms with van der Waals surface area (Å²) in [5.41, 5.74) is 6.56. The van der Waals surface area contributed by atoms with Crippen LogP contribution >= 0.6 is 0 Å².